The number of thiophene rings is 1. The number of aryl methyl sites for hydroxylation is 1. The lowest BCUT2D eigenvalue weighted by Gasteiger charge is -2.25. The number of nitrogen functional groups attached to an aromatic ring is 1. The highest BCUT2D eigenvalue weighted by molar-refractivity contribution is 7.10. The molecule has 106 valence electrons. The van der Waals surface area contributed by atoms with Crippen LogP contribution in [0.25, 0.3) is 10.9 Å². The second-order valence-corrected chi connectivity index (χ2v) is 6.52. The van der Waals surface area contributed by atoms with E-state index in [2.05, 4.69) is 33.9 Å². The van der Waals surface area contributed by atoms with Gasteiger partial charge >= 0.3 is 0 Å². The first-order valence-electron chi connectivity index (χ1n) is 7.28. The molecule has 4 heteroatoms. The van der Waals surface area contributed by atoms with Crippen LogP contribution in [0.1, 0.15) is 29.3 Å². The molecule has 0 aliphatic heterocycles. The summed E-state index contributed by atoms with van der Waals surface area (Å²) in [5.74, 6) is 0. The molecule has 21 heavy (non-hydrogen) atoms. The van der Waals surface area contributed by atoms with Gasteiger partial charge in [-0.3, -0.25) is 4.98 Å². The first-order valence-corrected chi connectivity index (χ1v) is 8.16. The van der Waals surface area contributed by atoms with Gasteiger partial charge in [-0.25, -0.2) is 0 Å². The maximum Gasteiger partial charge on any atom is 0.0743 e. The molecule has 1 unspecified atom stereocenters. The van der Waals surface area contributed by atoms with Gasteiger partial charge in [0, 0.05) is 27.8 Å². The predicted octanol–water partition coefficient (Wildman–Crippen LogP) is 4.37. The highest BCUT2D eigenvalue weighted by Gasteiger charge is 2.21. The Balaban J connectivity index is 1.73. The quantitative estimate of drug-likeness (QED) is 0.690. The summed E-state index contributed by atoms with van der Waals surface area (Å²) in [7, 11) is 0. The van der Waals surface area contributed by atoms with Gasteiger partial charge in [0.1, 0.15) is 0 Å². The fraction of sp³-hybridized carbons (Fsp3) is 0.235. The maximum atomic E-state index is 5.85. The van der Waals surface area contributed by atoms with Crippen molar-refractivity contribution in [2.45, 2.75) is 25.3 Å². The summed E-state index contributed by atoms with van der Waals surface area (Å²) in [6.07, 6.45) is 5.50. The highest BCUT2D eigenvalue weighted by Crippen LogP contribution is 2.36. The van der Waals surface area contributed by atoms with Crippen LogP contribution < -0.4 is 11.1 Å². The molecule has 2 heterocycles. The van der Waals surface area contributed by atoms with E-state index in [1.54, 1.807) is 0 Å². The molecule has 0 amide bonds. The number of rotatable bonds is 2. The molecule has 0 fully saturated rings. The molecular weight excluding hydrogens is 278 g/mol. The number of pyridine rings is 1. The van der Waals surface area contributed by atoms with Gasteiger partial charge < -0.3 is 11.1 Å². The normalized spacial score (nSPS) is 17.6. The van der Waals surface area contributed by atoms with Crippen molar-refractivity contribution in [1.29, 1.82) is 0 Å². The van der Waals surface area contributed by atoms with Gasteiger partial charge in [0.25, 0.3) is 0 Å². The topological polar surface area (TPSA) is 50.9 Å². The van der Waals surface area contributed by atoms with Crippen molar-refractivity contribution in [2.24, 2.45) is 0 Å². The number of hydrogen-bond acceptors (Lipinski definition) is 4. The van der Waals surface area contributed by atoms with E-state index in [0.717, 1.165) is 22.3 Å². The molecule has 0 saturated carbocycles. The van der Waals surface area contributed by atoms with E-state index < -0.39 is 0 Å². The summed E-state index contributed by atoms with van der Waals surface area (Å²) in [6, 6.07) is 10.6. The molecule has 3 aromatic rings. The first-order chi connectivity index (χ1) is 10.3. The fourth-order valence-corrected chi connectivity index (χ4v) is 4.10. The predicted molar refractivity (Wildman–Crippen MR) is 89.8 cm³/mol. The summed E-state index contributed by atoms with van der Waals surface area (Å²) in [4.78, 5) is 5.94. The molecule has 1 aromatic carbocycles. The zero-order valence-corrected chi connectivity index (χ0v) is 12.5. The average Bonchev–Trinajstić information content (AvgIpc) is 2.97. The molecule has 1 atom stereocenters. The number of anilines is 2. The van der Waals surface area contributed by atoms with Crippen LogP contribution in [0.3, 0.4) is 0 Å². The molecule has 0 spiro atoms. The van der Waals surface area contributed by atoms with Gasteiger partial charge in [0.05, 0.1) is 11.6 Å². The molecule has 0 saturated heterocycles. The fourth-order valence-electron chi connectivity index (χ4n) is 3.12. The van der Waals surface area contributed by atoms with Crippen LogP contribution in [-0.4, -0.2) is 4.98 Å². The lowest BCUT2D eigenvalue weighted by Crippen LogP contribution is -2.15. The Labute approximate surface area is 127 Å². The summed E-state index contributed by atoms with van der Waals surface area (Å²) in [6.45, 7) is 0. The van der Waals surface area contributed by atoms with Crippen molar-refractivity contribution >= 4 is 33.6 Å². The Morgan fingerprint density at radius 1 is 1.24 bits per heavy atom. The molecular formula is C17H17N3S. The summed E-state index contributed by atoms with van der Waals surface area (Å²) in [5.41, 5.74) is 10.2. The van der Waals surface area contributed by atoms with Crippen molar-refractivity contribution in [3.05, 3.63) is 52.3 Å². The van der Waals surface area contributed by atoms with E-state index in [0.29, 0.717) is 6.04 Å². The third-order valence-corrected chi connectivity index (χ3v) is 5.14. The lowest BCUT2D eigenvalue weighted by molar-refractivity contribution is 0.609. The number of benzene rings is 1. The summed E-state index contributed by atoms with van der Waals surface area (Å²) >= 11 is 1.88. The van der Waals surface area contributed by atoms with Crippen LogP contribution in [0.15, 0.2) is 41.9 Å². The van der Waals surface area contributed by atoms with Gasteiger partial charge in [-0.1, -0.05) is 0 Å². The van der Waals surface area contributed by atoms with Gasteiger partial charge in [-0.15, -0.1) is 11.3 Å². The minimum Gasteiger partial charge on any atom is -0.399 e. The number of nitrogens with one attached hydrogen (secondary N) is 1. The number of hydrogen-bond donors (Lipinski definition) is 2. The van der Waals surface area contributed by atoms with Crippen LogP contribution in [0.5, 0.6) is 0 Å². The van der Waals surface area contributed by atoms with E-state index in [1.807, 2.05) is 29.7 Å². The molecule has 4 rings (SSSR count). The van der Waals surface area contributed by atoms with Crippen molar-refractivity contribution in [3.8, 4) is 0 Å². The summed E-state index contributed by atoms with van der Waals surface area (Å²) in [5, 5.41) is 7.05. The minimum absolute atomic E-state index is 0.406. The smallest absolute Gasteiger partial charge is 0.0743 e. The van der Waals surface area contributed by atoms with E-state index in [9.17, 15) is 0 Å². The third-order valence-electron chi connectivity index (χ3n) is 4.15. The van der Waals surface area contributed by atoms with Gasteiger partial charge in [-0.2, -0.15) is 0 Å². The zero-order valence-electron chi connectivity index (χ0n) is 11.7. The SMILES string of the molecule is Nc1ccc2c(NC3CCCc4sccc43)ccnc2c1. The third kappa shape index (κ3) is 2.25. The Kier molecular flexibility index (Phi) is 3.04. The Hall–Kier alpha value is -2.07. The van der Waals surface area contributed by atoms with Crippen molar-refractivity contribution < 1.29 is 0 Å². The van der Waals surface area contributed by atoms with Crippen LogP contribution in [0.4, 0.5) is 11.4 Å². The molecule has 1 aliphatic carbocycles. The van der Waals surface area contributed by atoms with Gasteiger partial charge in [0.2, 0.25) is 0 Å². The highest BCUT2D eigenvalue weighted by atomic mass is 32.1. The number of nitrogens with two attached hydrogens (primary N) is 1. The number of fused-ring (bicyclic) bond motifs is 2. The second kappa shape index (κ2) is 5.04. The molecule has 3 N–H and O–H groups in total. The molecule has 1 aliphatic rings. The lowest BCUT2D eigenvalue weighted by atomic mass is 9.93. The van der Waals surface area contributed by atoms with E-state index >= 15 is 0 Å². The maximum absolute atomic E-state index is 5.85. The molecule has 0 bridgehead atoms. The number of nitrogens with zero attached hydrogens (tertiary/aromatic N) is 1. The average molecular weight is 295 g/mol. The Bertz CT molecular complexity index is 794. The minimum atomic E-state index is 0.406. The van der Waals surface area contributed by atoms with Gasteiger partial charge in [-0.05, 0) is 60.5 Å². The van der Waals surface area contributed by atoms with E-state index in [1.165, 1.54) is 29.7 Å². The van der Waals surface area contributed by atoms with Crippen LogP contribution in [0, 0.1) is 0 Å². The molecule has 3 nitrogen and oxygen atoms in total. The molecule has 2 aromatic heterocycles. The zero-order chi connectivity index (χ0) is 14.2. The van der Waals surface area contributed by atoms with E-state index in [4.69, 9.17) is 5.73 Å². The second-order valence-electron chi connectivity index (χ2n) is 5.52. The van der Waals surface area contributed by atoms with Gasteiger partial charge in [0.15, 0.2) is 0 Å². The largest absolute Gasteiger partial charge is 0.399 e. The standard InChI is InChI=1S/C17H17N3S/c18-11-4-5-12-15(6-8-19-16(12)10-11)20-14-2-1-3-17-13(14)7-9-21-17/h4-10,14H,1-3,18H2,(H,19,20). The Morgan fingerprint density at radius 3 is 3.14 bits per heavy atom. The van der Waals surface area contributed by atoms with E-state index in [-0.39, 0.29) is 0 Å². The van der Waals surface area contributed by atoms with Crippen LogP contribution in [0.2, 0.25) is 0 Å². The van der Waals surface area contributed by atoms with Crippen LogP contribution >= 0.6 is 11.3 Å². The van der Waals surface area contributed by atoms with Crippen molar-refractivity contribution in [1.82, 2.24) is 4.98 Å². The molecule has 0 radical (unpaired) electrons. The number of aromatic nitrogens is 1. The van der Waals surface area contributed by atoms with Crippen molar-refractivity contribution in [2.75, 3.05) is 11.1 Å². The summed E-state index contributed by atoms with van der Waals surface area (Å²) < 4.78 is 0. The van der Waals surface area contributed by atoms with Crippen molar-refractivity contribution in [3.63, 3.8) is 0 Å². The van der Waals surface area contributed by atoms with Crippen LogP contribution in [-0.2, 0) is 6.42 Å². The monoisotopic (exact) mass is 295 g/mol. The Morgan fingerprint density at radius 2 is 2.19 bits per heavy atom. The first kappa shape index (κ1) is 12.7.